The third-order valence-corrected chi connectivity index (χ3v) is 2.98. The Morgan fingerprint density at radius 2 is 2.47 bits per heavy atom. The summed E-state index contributed by atoms with van der Waals surface area (Å²) in [6.07, 6.45) is 2.81. The zero-order chi connectivity index (χ0) is 10.7. The molecule has 1 aliphatic heterocycles. The molecule has 4 nitrogen and oxygen atoms in total. The second-order valence-electron chi connectivity index (χ2n) is 4.01. The number of furan rings is 1. The smallest absolute Gasteiger partial charge is 0.122 e. The van der Waals surface area contributed by atoms with Crippen molar-refractivity contribution in [1.29, 1.82) is 0 Å². The Morgan fingerprint density at radius 3 is 3.13 bits per heavy atom. The van der Waals surface area contributed by atoms with Gasteiger partial charge in [0.15, 0.2) is 0 Å². The number of nitrogens with zero attached hydrogens (tertiary/aromatic N) is 1. The quantitative estimate of drug-likeness (QED) is 0.804. The fraction of sp³-hybridized carbons (Fsp3) is 0.636. The summed E-state index contributed by atoms with van der Waals surface area (Å²) in [4.78, 5) is 2.27. The minimum absolute atomic E-state index is 0.515. The highest BCUT2D eigenvalue weighted by Gasteiger charge is 2.21. The molecule has 0 aliphatic carbocycles. The van der Waals surface area contributed by atoms with E-state index >= 15 is 0 Å². The number of hydrogen-bond donors (Lipinski definition) is 1. The Bertz CT molecular complexity index is 305. The lowest BCUT2D eigenvalue weighted by molar-refractivity contribution is 0.151. The van der Waals surface area contributed by atoms with Crippen LogP contribution in [0.3, 0.4) is 0 Å². The predicted octanol–water partition coefficient (Wildman–Crippen LogP) is 0.959. The van der Waals surface area contributed by atoms with E-state index in [9.17, 15) is 0 Å². The van der Waals surface area contributed by atoms with Gasteiger partial charge >= 0.3 is 0 Å². The molecule has 15 heavy (non-hydrogen) atoms. The van der Waals surface area contributed by atoms with Crippen molar-refractivity contribution >= 4 is 0 Å². The maximum atomic E-state index is 5.62. The van der Waals surface area contributed by atoms with Gasteiger partial charge in [0.1, 0.15) is 5.76 Å². The van der Waals surface area contributed by atoms with E-state index in [-0.39, 0.29) is 0 Å². The van der Waals surface area contributed by atoms with Crippen LogP contribution >= 0.6 is 0 Å². The summed E-state index contributed by atoms with van der Waals surface area (Å²) in [7, 11) is 2.10. The summed E-state index contributed by atoms with van der Waals surface area (Å²) in [5.41, 5.74) is 6.72. The van der Waals surface area contributed by atoms with Crippen molar-refractivity contribution in [3.63, 3.8) is 0 Å². The molecule has 1 unspecified atom stereocenters. The van der Waals surface area contributed by atoms with Crippen LogP contribution in [0.15, 0.2) is 16.7 Å². The third-order valence-electron chi connectivity index (χ3n) is 2.98. The van der Waals surface area contributed by atoms with Gasteiger partial charge in [-0.05, 0) is 19.5 Å². The lowest BCUT2D eigenvalue weighted by Gasteiger charge is -2.21. The summed E-state index contributed by atoms with van der Waals surface area (Å²) >= 11 is 0. The van der Waals surface area contributed by atoms with Crippen molar-refractivity contribution in [3.8, 4) is 0 Å². The average molecular weight is 210 g/mol. The molecule has 0 aromatic carbocycles. The third kappa shape index (κ3) is 2.40. The number of rotatable bonds is 4. The molecule has 0 spiro atoms. The van der Waals surface area contributed by atoms with Gasteiger partial charge in [0.05, 0.1) is 19.4 Å². The first-order chi connectivity index (χ1) is 7.31. The molecule has 1 aliphatic rings. The van der Waals surface area contributed by atoms with Gasteiger partial charge in [0.25, 0.3) is 0 Å². The van der Waals surface area contributed by atoms with Crippen molar-refractivity contribution in [2.24, 2.45) is 5.73 Å². The molecule has 1 aromatic rings. The van der Waals surface area contributed by atoms with Crippen LogP contribution in [-0.2, 0) is 17.8 Å². The van der Waals surface area contributed by atoms with Crippen LogP contribution in [0.2, 0.25) is 0 Å². The first kappa shape index (κ1) is 10.7. The van der Waals surface area contributed by atoms with Crippen LogP contribution in [0.25, 0.3) is 0 Å². The molecule has 84 valence electrons. The molecule has 0 saturated carbocycles. The number of likely N-dealkylation sites (N-methyl/N-ethyl adjacent to an activating group) is 1. The number of ether oxygens (including phenoxy) is 1. The van der Waals surface area contributed by atoms with Crippen LogP contribution in [0.5, 0.6) is 0 Å². The van der Waals surface area contributed by atoms with Crippen molar-refractivity contribution < 1.29 is 9.15 Å². The highest BCUT2D eigenvalue weighted by Crippen LogP contribution is 2.17. The highest BCUT2D eigenvalue weighted by atomic mass is 16.5. The Morgan fingerprint density at radius 1 is 1.60 bits per heavy atom. The van der Waals surface area contributed by atoms with Gasteiger partial charge in [-0.25, -0.2) is 0 Å². The fourth-order valence-electron chi connectivity index (χ4n) is 1.91. The molecule has 2 heterocycles. The summed E-state index contributed by atoms with van der Waals surface area (Å²) in [5, 5.41) is 0. The monoisotopic (exact) mass is 210 g/mol. The van der Waals surface area contributed by atoms with Crippen LogP contribution in [0.1, 0.15) is 17.7 Å². The number of hydrogen-bond acceptors (Lipinski definition) is 4. The minimum Gasteiger partial charge on any atom is -0.468 e. The summed E-state index contributed by atoms with van der Waals surface area (Å²) in [5.74, 6) is 0.979. The molecule has 1 saturated heterocycles. The van der Waals surface area contributed by atoms with Gasteiger partial charge in [-0.1, -0.05) is 0 Å². The van der Waals surface area contributed by atoms with Gasteiger partial charge in [-0.3, -0.25) is 4.90 Å². The first-order valence-corrected chi connectivity index (χ1v) is 5.34. The van der Waals surface area contributed by atoms with E-state index in [0.717, 1.165) is 37.5 Å². The van der Waals surface area contributed by atoms with Crippen molar-refractivity contribution in [2.75, 3.05) is 20.3 Å². The highest BCUT2D eigenvalue weighted by molar-refractivity contribution is 5.16. The molecule has 2 N–H and O–H groups in total. The fourth-order valence-corrected chi connectivity index (χ4v) is 1.91. The molecule has 0 radical (unpaired) electrons. The molecule has 1 atom stereocenters. The van der Waals surface area contributed by atoms with E-state index in [2.05, 4.69) is 11.9 Å². The van der Waals surface area contributed by atoms with Crippen LogP contribution in [-0.4, -0.2) is 31.2 Å². The predicted molar refractivity (Wildman–Crippen MR) is 57.3 cm³/mol. The molecule has 1 fully saturated rings. The van der Waals surface area contributed by atoms with Gasteiger partial charge in [0.2, 0.25) is 0 Å². The van der Waals surface area contributed by atoms with Gasteiger partial charge in [-0.15, -0.1) is 0 Å². The van der Waals surface area contributed by atoms with E-state index in [0.29, 0.717) is 12.6 Å². The standard InChI is InChI=1S/C11H18N2O2/c1-13(10-3-4-14-8-10)7-11-9(6-12)2-5-15-11/h2,5,10H,3-4,6-8,12H2,1H3. The Labute approximate surface area is 90.0 Å². The molecule has 1 aromatic heterocycles. The molecule has 2 rings (SSSR count). The van der Waals surface area contributed by atoms with E-state index in [1.807, 2.05) is 6.07 Å². The first-order valence-electron chi connectivity index (χ1n) is 5.34. The molecule has 0 bridgehead atoms. The molecular formula is C11H18N2O2. The second-order valence-corrected chi connectivity index (χ2v) is 4.01. The second kappa shape index (κ2) is 4.79. The Balaban J connectivity index is 1.95. The maximum absolute atomic E-state index is 5.62. The van der Waals surface area contributed by atoms with E-state index in [1.54, 1.807) is 6.26 Å². The topological polar surface area (TPSA) is 51.6 Å². The van der Waals surface area contributed by atoms with Gasteiger partial charge in [0, 0.05) is 24.8 Å². The van der Waals surface area contributed by atoms with E-state index in [1.165, 1.54) is 0 Å². The van der Waals surface area contributed by atoms with E-state index in [4.69, 9.17) is 14.9 Å². The van der Waals surface area contributed by atoms with Gasteiger partial charge in [-0.2, -0.15) is 0 Å². The number of nitrogens with two attached hydrogens (primary N) is 1. The van der Waals surface area contributed by atoms with Crippen molar-refractivity contribution in [2.45, 2.75) is 25.6 Å². The maximum Gasteiger partial charge on any atom is 0.122 e. The average Bonchev–Trinajstić information content (AvgIpc) is 2.87. The summed E-state index contributed by atoms with van der Waals surface area (Å²) in [6, 6.07) is 2.45. The van der Waals surface area contributed by atoms with Crippen LogP contribution < -0.4 is 5.73 Å². The summed E-state index contributed by atoms with van der Waals surface area (Å²) < 4.78 is 10.8. The van der Waals surface area contributed by atoms with Crippen LogP contribution in [0, 0.1) is 0 Å². The molecule has 4 heteroatoms. The van der Waals surface area contributed by atoms with Crippen LogP contribution in [0.4, 0.5) is 0 Å². The Kier molecular flexibility index (Phi) is 3.41. The van der Waals surface area contributed by atoms with Crippen molar-refractivity contribution in [1.82, 2.24) is 4.90 Å². The minimum atomic E-state index is 0.515. The van der Waals surface area contributed by atoms with Gasteiger partial charge < -0.3 is 14.9 Å². The zero-order valence-electron chi connectivity index (χ0n) is 9.11. The van der Waals surface area contributed by atoms with E-state index < -0.39 is 0 Å². The largest absolute Gasteiger partial charge is 0.468 e. The zero-order valence-corrected chi connectivity index (χ0v) is 9.11. The van der Waals surface area contributed by atoms with Crippen molar-refractivity contribution in [3.05, 3.63) is 23.7 Å². The molecule has 0 amide bonds. The summed E-state index contributed by atoms with van der Waals surface area (Å²) in [6.45, 7) is 3.06. The molecular weight excluding hydrogens is 192 g/mol. The lowest BCUT2D eigenvalue weighted by atomic mass is 10.2. The Hall–Kier alpha value is -0.840. The SMILES string of the molecule is CN(Cc1occc1CN)C1CCOC1. The lowest BCUT2D eigenvalue weighted by Crippen LogP contribution is -2.31. The normalized spacial score (nSPS) is 21.4.